The summed E-state index contributed by atoms with van der Waals surface area (Å²) in [6, 6.07) is 9.96. The van der Waals surface area contributed by atoms with E-state index in [1.54, 1.807) is 9.58 Å². The number of aryl methyl sites for hydroxylation is 1. The summed E-state index contributed by atoms with van der Waals surface area (Å²) in [7, 11) is 0. The van der Waals surface area contributed by atoms with Crippen LogP contribution >= 0.6 is 0 Å². The minimum Gasteiger partial charge on any atom is -0.333 e. The third kappa shape index (κ3) is 7.50. The van der Waals surface area contributed by atoms with Gasteiger partial charge in [0.15, 0.2) is 0 Å². The quantitative estimate of drug-likeness (QED) is 0.497. The molecule has 0 fully saturated rings. The molecule has 1 N–H and O–H groups in total. The lowest BCUT2D eigenvalue weighted by Gasteiger charge is -2.24. The number of anilines is 1. The lowest BCUT2D eigenvalue weighted by Crippen LogP contribution is -2.40. The van der Waals surface area contributed by atoms with Gasteiger partial charge in [-0.05, 0) is 31.4 Å². The molecule has 176 valence electrons. The fourth-order valence-corrected chi connectivity index (χ4v) is 3.45. The van der Waals surface area contributed by atoms with Crippen LogP contribution in [0.15, 0.2) is 30.3 Å². The number of amides is 2. The molecule has 0 radical (unpaired) electrons. The molecule has 1 aromatic carbocycles. The molecule has 2 aromatic rings. The first-order chi connectivity index (χ1) is 15.0. The number of hydrogen-bond acceptors (Lipinski definition) is 3. The SMILES string of the molecule is CCCCCC(=O)N(CC(=O)Nc1cc(C(C)(C)C)nn1-c1ccc(C)cc1)CC(C)C. The molecule has 1 aromatic heterocycles. The molecule has 0 atom stereocenters. The number of aromatic nitrogens is 2. The van der Waals surface area contributed by atoms with Gasteiger partial charge in [-0.2, -0.15) is 5.10 Å². The normalized spacial score (nSPS) is 11.6. The molecule has 0 aliphatic carbocycles. The first kappa shape index (κ1) is 25.6. The van der Waals surface area contributed by atoms with Crippen LogP contribution in [0.25, 0.3) is 5.69 Å². The minimum atomic E-state index is -0.205. The van der Waals surface area contributed by atoms with Crippen molar-refractivity contribution in [3.05, 3.63) is 41.6 Å². The summed E-state index contributed by atoms with van der Waals surface area (Å²) in [6.45, 7) is 15.2. The van der Waals surface area contributed by atoms with Crippen LogP contribution in [0.1, 0.15) is 78.5 Å². The van der Waals surface area contributed by atoms with Gasteiger partial charge in [-0.15, -0.1) is 0 Å². The van der Waals surface area contributed by atoms with Gasteiger partial charge < -0.3 is 10.2 Å². The van der Waals surface area contributed by atoms with Crippen molar-refractivity contribution in [2.24, 2.45) is 5.92 Å². The summed E-state index contributed by atoms with van der Waals surface area (Å²) in [6.07, 6.45) is 3.44. The third-order valence-electron chi connectivity index (χ3n) is 5.29. The van der Waals surface area contributed by atoms with E-state index in [9.17, 15) is 9.59 Å². The van der Waals surface area contributed by atoms with Gasteiger partial charge >= 0.3 is 0 Å². The molecule has 2 rings (SSSR count). The third-order valence-corrected chi connectivity index (χ3v) is 5.29. The Kier molecular flexibility index (Phi) is 9.05. The molecule has 6 nitrogen and oxygen atoms in total. The maximum Gasteiger partial charge on any atom is 0.245 e. The van der Waals surface area contributed by atoms with Crippen LogP contribution in [-0.2, 0) is 15.0 Å². The maximum atomic E-state index is 13.0. The molecular weight excluding hydrogens is 400 g/mol. The van der Waals surface area contributed by atoms with Crippen LogP contribution < -0.4 is 5.32 Å². The maximum absolute atomic E-state index is 13.0. The van der Waals surface area contributed by atoms with Gasteiger partial charge in [0.05, 0.1) is 17.9 Å². The number of unbranched alkanes of at least 4 members (excludes halogenated alkanes) is 2. The van der Waals surface area contributed by atoms with E-state index in [-0.39, 0.29) is 23.8 Å². The average Bonchev–Trinajstić information content (AvgIpc) is 3.12. The zero-order valence-electron chi connectivity index (χ0n) is 20.9. The summed E-state index contributed by atoms with van der Waals surface area (Å²) in [4.78, 5) is 27.4. The molecule has 32 heavy (non-hydrogen) atoms. The van der Waals surface area contributed by atoms with Crippen LogP contribution in [-0.4, -0.2) is 39.6 Å². The van der Waals surface area contributed by atoms with Gasteiger partial charge in [0.1, 0.15) is 5.82 Å². The van der Waals surface area contributed by atoms with Crippen LogP contribution in [0.4, 0.5) is 5.82 Å². The topological polar surface area (TPSA) is 67.2 Å². The van der Waals surface area contributed by atoms with Crippen molar-refractivity contribution in [1.29, 1.82) is 0 Å². The largest absolute Gasteiger partial charge is 0.333 e. The Morgan fingerprint density at radius 1 is 1.12 bits per heavy atom. The lowest BCUT2D eigenvalue weighted by molar-refractivity contribution is -0.135. The smallest absolute Gasteiger partial charge is 0.245 e. The van der Waals surface area contributed by atoms with E-state index in [2.05, 4.69) is 46.9 Å². The summed E-state index contributed by atoms with van der Waals surface area (Å²) in [5.41, 5.74) is 2.78. The highest BCUT2D eigenvalue weighted by Crippen LogP contribution is 2.26. The predicted octanol–water partition coefficient (Wildman–Crippen LogP) is 5.48. The molecule has 0 unspecified atom stereocenters. The molecule has 1 heterocycles. The molecule has 0 bridgehead atoms. The van der Waals surface area contributed by atoms with E-state index >= 15 is 0 Å². The van der Waals surface area contributed by atoms with Gasteiger partial charge in [0, 0.05) is 24.4 Å². The Morgan fingerprint density at radius 2 is 1.78 bits per heavy atom. The summed E-state index contributed by atoms with van der Waals surface area (Å²) in [5.74, 6) is 0.753. The Morgan fingerprint density at radius 3 is 2.34 bits per heavy atom. The van der Waals surface area contributed by atoms with Gasteiger partial charge in [-0.1, -0.05) is 72.1 Å². The van der Waals surface area contributed by atoms with E-state index < -0.39 is 0 Å². The van der Waals surface area contributed by atoms with Crippen LogP contribution in [0.5, 0.6) is 0 Å². The molecular formula is C26H40N4O2. The van der Waals surface area contributed by atoms with Gasteiger partial charge in [0.2, 0.25) is 11.8 Å². The number of nitrogens with zero attached hydrogens (tertiary/aromatic N) is 3. The number of nitrogens with one attached hydrogen (secondary N) is 1. The van der Waals surface area contributed by atoms with Crippen molar-refractivity contribution < 1.29 is 9.59 Å². The highest BCUT2D eigenvalue weighted by Gasteiger charge is 2.23. The first-order valence-electron chi connectivity index (χ1n) is 11.8. The van der Waals surface area contributed by atoms with Crippen molar-refractivity contribution in [3.63, 3.8) is 0 Å². The Balaban J connectivity index is 2.23. The predicted molar refractivity (Wildman–Crippen MR) is 131 cm³/mol. The number of carbonyl (C=O) groups is 2. The lowest BCUT2D eigenvalue weighted by atomic mass is 9.92. The highest BCUT2D eigenvalue weighted by atomic mass is 16.2. The molecule has 0 saturated heterocycles. The van der Waals surface area contributed by atoms with E-state index in [1.807, 2.05) is 37.3 Å². The van der Waals surface area contributed by atoms with E-state index in [1.165, 1.54) is 0 Å². The van der Waals surface area contributed by atoms with Crippen molar-refractivity contribution in [3.8, 4) is 5.69 Å². The minimum absolute atomic E-state index is 0.0460. The van der Waals surface area contributed by atoms with Gasteiger partial charge in [0.25, 0.3) is 0 Å². The molecule has 0 aliphatic heterocycles. The second-order valence-electron chi connectivity index (χ2n) is 10.1. The van der Waals surface area contributed by atoms with Crippen LogP contribution in [0, 0.1) is 12.8 Å². The van der Waals surface area contributed by atoms with Gasteiger partial charge in [-0.3, -0.25) is 9.59 Å². The monoisotopic (exact) mass is 440 g/mol. The fraction of sp³-hybridized carbons (Fsp3) is 0.577. The molecule has 0 aliphatic rings. The number of benzene rings is 1. The highest BCUT2D eigenvalue weighted by molar-refractivity contribution is 5.94. The second-order valence-corrected chi connectivity index (χ2v) is 10.1. The first-order valence-corrected chi connectivity index (χ1v) is 11.8. The zero-order valence-corrected chi connectivity index (χ0v) is 20.9. The van der Waals surface area contributed by atoms with E-state index in [0.29, 0.717) is 24.7 Å². The Labute approximate surface area is 193 Å². The standard InChI is InChI=1S/C26H40N4O2/c1-8-9-10-11-25(32)29(17-19(2)3)18-24(31)27-23-16-22(26(5,6)7)28-30(23)21-14-12-20(4)13-15-21/h12-16,19H,8-11,17-18H2,1-7H3,(H,27,31). The molecule has 6 heteroatoms. The number of hydrogen-bond donors (Lipinski definition) is 1. The van der Waals surface area contributed by atoms with Crippen LogP contribution in [0.3, 0.4) is 0 Å². The van der Waals surface area contributed by atoms with Crippen molar-refractivity contribution in [2.75, 3.05) is 18.4 Å². The molecule has 2 amide bonds. The molecule has 0 spiro atoms. The van der Waals surface area contributed by atoms with Gasteiger partial charge in [-0.25, -0.2) is 4.68 Å². The average molecular weight is 441 g/mol. The second kappa shape index (κ2) is 11.3. The van der Waals surface area contributed by atoms with Crippen molar-refractivity contribution in [1.82, 2.24) is 14.7 Å². The molecule has 0 saturated carbocycles. The Bertz CT molecular complexity index is 892. The zero-order chi connectivity index (χ0) is 23.9. The summed E-state index contributed by atoms with van der Waals surface area (Å²) in [5, 5.41) is 7.78. The number of carbonyl (C=O) groups excluding carboxylic acids is 2. The number of rotatable bonds is 10. The summed E-state index contributed by atoms with van der Waals surface area (Å²) < 4.78 is 1.77. The Hall–Kier alpha value is -2.63. The van der Waals surface area contributed by atoms with Crippen LogP contribution in [0.2, 0.25) is 0 Å². The van der Waals surface area contributed by atoms with E-state index in [4.69, 9.17) is 5.10 Å². The van der Waals surface area contributed by atoms with Crippen molar-refractivity contribution >= 4 is 17.6 Å². The fourth-order valence-electron chi connectivity index (χ4n) is 3.45. The van der Waals surface area contributed by atoms with E-state index in [0.717, 1.165) is 36.2 Å². The summed E-state index contributed by atoms with van der Waals surface area (Å²) >= 11 is 0. The van der Waals surface area contributed by atoms with Crippen molar-refractivity contribution in [2.45, 2.75) is 79.6 Å².